The van der Waals surface area contributed by atoms with E-state index in [-0.39, 0.29) is 24.7 Å². The van der Waals surface area contributed by atoms with Crippen molar-refractivity contribution in [2.45, 2.75) is 90.6 Å². The van der Waals surface area contributed by atoms with Gasteiger partial charge in [0.2, 0.25) is 5.88 Å². The summed E-state index contributed by atoms with van der Waals surface area (Å²) >= 11 is 0. The molecule has 7 nitrogen and oxygen atoms in total. The van der Waals surface area contributed by atoms with Crippen LogP contribution in [-0.2, 0) is 44.4 Å². The number of hydrogen-bond acceptors (Lipinski definition) is 6. The van der Waals surface area contributed by atoms with E-state index in [1.54, 1.807) is 32.9 Å². The zero-order valence-electron chi connectivity index (χ0n) is 24.4. The van der Waals surface area contributed by atoms with Crippen molar-refractivity contribution >= 4 is 17.6 Å². The van der Waals surface area contributed by atoms with Gasteiger partial charge in [0.1, 0.15) is 29.6 Å². The average Bonchev–Trinajstić information content (AvgIpc) is 3.22. The molecule has 1 N–H and O–H groups in total. The van der Waals surface area contributed by atoms with Crippen LogP contribution in [0.25, 0.3) is 0 Å². The van der Waals surface area contributed by atoms with Crippen LogP contribution in [0.15, 0.2) is 48.0 Å². The summed E-state index contributed by atoms with van der Waals surface area (Å²) < 4.78 is 96.8. The van der Waals surface area contributed by atoms with Gasteiger partial charge in [-0.1, -0.05) is 6.07 Å². The number of benzene rings is 2. The molecule has 43 heavy (non-hydrogen) atoms. The monoisotopic (exact) mass is 614 g/mol. The number of fused-ring (bicyclic) bond motifs is 3. The molecule has 2 aliphatic heterocycles. The van der Waals surface area contributed by atoms with Gasteiger partial charge in [-0.25, -0.2) is 0 Å². The van der Waals surface area contributed by atoms with Crippen LogP contribution in [0.3, 0.4) is 0 Å². The van der Waals surface area contributed by atoms with Crippen molar-refractivity contribution in [1.82, 2.24) is 5.32 Å². The number of hydrogen-bond donors (Lipinski definition) is 1. The number of allylic oxidation sites excluding steroid dienone is 1. The lowest BCUT2D eigenvalue weighted by Gasteiger charge is -2.36. The fourth-order valence-corrected chi connectivity index (χ4v) is 4.70. The summed E-state index contributed by atoms with van der Waals surface area (Å²) in [5.41, 5.74) is -3.19. The molecular weight excluding hydrogens is 582 g/mol. The first-order valence-electron chi connectivity index (χ1n) is 13.4. The normalized spacial score (nSPS) is 17.3. The van der Waals surface area contributed by atoms with Crippen LogP contribution in [0.2, 0.25) is 0 Å². The third kappa shape index (κ3) is 7.55. The summed E-state index contributed by atoms with van der Waals surface area (Å²) in [6.07, 6.45) is -10.0. The highest BCUT2D eigenvalue weighted by molar-refractivity contribution is 6.05. The third-order valence-corrected chi connectivity index (χ3v) is 6.34. The third-order valence-electron chi connectivity index (χ3n) is 6.34. The van der Waals surface area contributed by atoms with E-state index in [1.165, 1.54) is 11.0 Å². The Kier molecular flexibility index (Phi) is 8.18. The predicted molar refractivity (Wildman–Crippen MR) is 144 cm³/mol. The number of carbonyl (C=O) groups is 2. The van der Waals surface area contributed by atoms with Crippen molar-refractivity contribution in [1.29, 1.82) is 0 Å². The zero-order valence-corrected chi connectivity index (χ0v) is 24.4. The lowest BCUT2D eigenvalue weighted by molar-refractivity contribution is -0.156. The van der Waals surface area contributed by atoms with Crippen LogP contribution in [0.5, 0.6) is 5.75 Å². The summed E-state index contributed by atoms with van der Waals surface area (Å²) in [6.45, 7) is 9.94. The van der Waals surface area contributed by atoms with E-state index >= 15 is 0 Å². The molecule has 234 valence electrons. The van der Waals surface area contributed by atoms with E-state index in [4.69, 9.17) is 14.2 Å². The van der Waals surface area contributed by atoms with E-state index in [0.717, 1.165) is 6.07 Å². The van der Waals surface area contributed by atoms with Crippen molar-refractivity contribution in [3.63, 3.8) is 0 Å². The summed E-state index contributed by atoms with van der Waals surface area (Å²) in [7, 11) is 0. The largest absolute Gasteiger partial charge is 0.489 e. The Morgan fingerprint density at radius 2 is 1.60 bits per heavy atom. The van der Waals surface area contributed by atoms with E-state index in [2.05, 4.69) is 5.32 Å². The van der Waals surface area contributed by atoms with Gasteiger partial charge in [-0.05, 0) is 77.4 Å². The molecule has 0 radical (unpaired) electrons. The molecule has 2 aromatic rings. The van der Waals surface area contributed by atoms with Gasteiger partial charge in [0.15, 0.2) is 0 Å². The second-order valence-electron chi connectivity index (χ2n) is 12.3. The number of nitrogens with one attached hydrogen (secondary N) is 1. The van der Waals surface area contributed by atoms with Crippen molar-refractivity contribution in [3.05, 3.63) is 70.2 Å². The fraction of sp³-hybridized carbons (Fsp3) is 0.467. The minimum Gasteiger partial charge on any atom is -0.489 e. The summed E-state index contributed by atoms with van der Waals surface area (Å²) in [5.74, 6) is -0.564. The van der Waals surface area contributed by atoms with Gasteiger partial charge in [0.25, 0.3) is 5.91 Å². The number of nitrogens with zero attached hydrogens (tertiary/aromatic N) is 1. The first kappa shape index (κ1) is 32.0. The van der Waals surface area contributed by atoms with E-state index in [9.17, 15) is 35.9 Å². The number of alkyl halides is 6. The number of ether oxygens (including phenoxy) is 3. The molecule has 0 fully saturated rings. The van der Waals surface area contributed by atoms with Crippen LogP contribution < -0.4 is 15.0 Å². The minimum absolute atomic E-state index is 0.0644. The van der Waals surface area contributed by atoms with Gasteiger partial charge in [-0.2, -0.15) is 26.3 Å². The Hall–Kier alpha value is -3.90. The van der Waals surface area contributed by atoms with Crippen LogP contribution in [0, 0.1) is 0 Å². The molecule has 0 saturated carbocycles. The van der Waals surface area contributed by atoms with Crippen molar-refractivity contribution < 1.29 is 50.1 Å². The molecule has 0 aromatic heterocycles. The molecule has 0 spiro atoms. The Bertz CT molecular complexity index is 1450. The maximum absolute atomic E-state index is 13.6. The standard InChI is InChI=1S/C30H32F6N2O5/c1-27(2,3)42-24(39)14-21-26(40)38-22-10-9-19(11-17(22)12-23(38)25(37-21)43-28(4,5)6)41-15-16-7-8-18(29(31,32)33)13-20(16)30(34,35)36/h7-11,13,21,37H,12,14-15H2,1-6H3/t21-/m1/s1. The van der Waals surface area contributed by atoms with Gasteiger partial charge in [0.05, 0.1) is 28.9 Å². The van der Waals surface area contributed by atoms with Gasteiger partial charge >= 0.3 is 18.3 Å². The molecule has 4 rings (SSSR count). The smallest absolute Gasteiger partial charge is 0.416 e. The number of esters is 1. The van der Waals surface area contributed by atoms with Crippen molar-refractivity contribution in [2.75, 3.05) is 4.90 Å². The second kappa shape index (κ2) is 11.0. The highest BCUT2D eigenvalue weighted by Gasteiger charge is 2.43. The van der Waals surface area contributed by atoms with Gasteiger partial charge < -0.3 is 19.5 Å². The predicted octanol–water partition coefficient (Wildman–Crippen LogP) is 6.88. The molecule has 2 heterocycles. The highest BCUT2D eigenvalue weighted by atomic mass is 19.4. The number of halogens is 6. The highest BCUT2D eigenvalue weighted by Crippen LogP contribution is 2.42. The molecule has 2 aromatic carbocycles. The van der Waals surface area contributed by atoms with Crippen LogP contribution >= 0.6 is 0 Å². The summed E-state index contributed by atoms with van der Waals surface area (Å²) in [5, 5.41) is 3.03. The zero-order chi connectivity index (χ0) is 32.1. The summed E-state index contributed by atoms with van der Waals surface area (Å²) in [4.78, 5) is 27.5. The molecule has 13 heteroatoms. The Labute approximate surface area is 244 Å². The Balaban J connectivity index is 1.61. The SMILES string of the molecule is CC(C)(C)OC(=O)C[C@H]1NC(OC(C)(C)C)=C2Cc3cc(OCc4ccc(C(F)(F)F)cc4C(F)(F)F)ccc3N2C1=O. The molecule has 0 unspecified atom stereocenters. The summed E-state index contributed by atoms with van der Waals surface area (Å²) in [6, 6.07) is 4.94. The molecule has 0 aliphatic carbocycles. The lowest BCUT2D eigenvalue weighted by atomic mass is 10.0. The van der Waals surface area contributed by atoms with Gasteiger partial charge in [0, 0.05) is 12.0 Å². The van der Waals surface area contributed by atoms with Gasteiger partial charge in [-0.15, -0.1) is 0 Å². The molecule has 1 amide bonds. The number of anilines is 1. The number of amides is 1. The molecule has 0 bridgehead atoms. The first-order valence-corrected chi connectivity index (χ1v) is 13.4. The average molecular weight is 615 g/mol. The number of rotatable bonds is 6. The van der Waals surface area contributed by atoms with Crippen LogP contribution in [-0.4, -0.2) is 29.1 Å². The fourth-order valence-electron chi connectivity index (χ4n) is 4.70. The van der Waals surface area contributed by atoms with Crippen molar-refractivity contribution in [3.8, 4) is 5.75 Å². The molecule has 0 saturated heterocycles. The van der Waals surface area contributed by atoms with E-state index < -0.39 is 64.8 Å². The van der Waals surface area contributed by atoms with Gasteiger partial charge in [-0.3, -0.25) is 14.5 Å². The topological polar surface area (TPSA) is 77.1 Å². The van der Waals surface area contributed by atoms with E-state index in [1.807, 2.05) is 20.8 Å². The Morgan fingerprint density at radius 1 is 0.930 bits per heavy atom. The van der Waals surface area contributed by atoms with Crippen molar-refractivity contribution in [2.24, 2.45) is 0 Å². The quantitative estimate of drug-likeness (QED) is 0.283. The molecule has 2 aliphatic rings. The lowest BCUT2D eigenvalue weighted by Crippen LogP contribution is -2.53. The van der Waals surface area contributed by atoms with Crippen LogP contribution in [0.1, 0.15) is 70.2 Å². The maximum atomic E-state index is 13.6. The second-order valence-corrected chi connectivity index (χ2v) is 12.3. The molecule has 1 atom stereocenters. The Morgan fingerprint density at radius 3 is 2.19 bits per heavy atom. The maximum Gasteiger partial charge on any atom is 0.416 e. The molecular formula is C30H32F6N2O5. The minimum atomic E-state index is -5.03. The first-order chi connectivity index (χ1) is 19.6. The van der Waals surface area contributed by atoms with Crippen LogP contribution in [0.4, 0.5) is 32.0 Å². The number of carbonyl (C=O) groups excluding carboxylic acids is 2. The van der Waals surface area contributed by atoms with E-state index in [0.29, 0.717) is 28.9 Å².